The lowest BCUT2D eigenvalue weighted by atomic mass is 10.1. The fourth-order valence-corrected chi connectivity index (χ4v) is 4.68. The van der Waals surface area contributed by atoms with Gasteiger partial charge in [0.25, 0.3) is 0 Å². The predicted octanol–water partition coefficient (Wildman–Crippen LogP) is 3.54. The van der Waals surface area contributed by atoms with Crippen molar-refractivity contribution in [3.05, 3.63) is 59.7 Å². The van der Waals surface area contributed by atoms with Crippen molar-refractivity contribution in [3.63, 3.8) is 0 Å². The average molecular weight is 442 g/mol. The minimum atomic E-state index is -3.84. The lowest BCUT2D eigenvalue weighted by molar-refractivity contribution is 0.0398. The molecule has 7 nitrogen and oxygen atoms in total. The molecule has 3 aromatic rings. The Labute approximate surface area is 183 Å². The molecule has 0 unspecified atom stereocenters. The van der Waals surface area contributed by atoms with Gasteiger partial charge in [-0.1, -0.05) is 35.4 Å². The van der Waals surface area contributed by atoms with Crippen molar-refractivity contribution in [3.8, 4) is 11.5 Å². The third kappa shape index (κ3) is 4.98. The monoisotopic (exact) mass is 441 g/mol. The summed E-state index contributed by atoms with van der Waals surface area (Å²) in [6.45, 7) is 8.36. The van der Waals surface area contributed by atoms with E-state index in [1.807, 2.05) is 38.1 Å². The van der Waals surface area contributed by atoms with Gasteiger partial charge >= 0.3 is 0 Å². The summed E-state index contributed by atoms with van der Waals surface area (Å²) in [5, 5.41) is 3.07. The first-order valence-corrected chi connectivity index (χ1v) is 11.9. The van der Waals surface area contributed by atoms with Crippen molar-refractivity contribution in [1.82, 2.24) is 9.88 Å². The first kappa shape index (κ1) is 21.5. The van der Waals surface area contributed by atoms with Crippen molar-refractivity contribution >= 4 is 15.7 Å². The van der Waals surface area contributed by atoms with E-state index in [0.717, 1.165) is 36.3 Å². The number of anilines is 1. The Bertz CT molecular complexity index is 1120. The standard InChI is InChI=1S/C23H27N3O4S/c1-17-3-7-19(8-4-17)21-25-23(31(27,28)20-9-5-18(2)6-10-20)22(30-21)24-11-12-26-13-15-29-16-14-26/h3-10,24H,11-16H2,1-2H3. The Hall–Kier alpha value is -2.68. The number of sulfone groups is 1. The normalized spacial score (nSPS) is 15.2. The minimum Gasteiger partial charge on any atom is -0.419 e. The first-order valence-electron chi connectivity index (χ1n) is 10.4. The van der Waals surface area contributed by atoms with Gasteiger partial charge in [-0.2, -0.15) is 4.98 Å². The van der Waals surface area contributed by atoms with Crippen LogP contribution in [-0.2, 0) is 14.6 Å². The number of hydrogen-bond acceptors (Lipinski definition) is 7. The van der Waals surface area contributed by atoms with Crippen LogP contribution in [0.1, 0.15) is 11.1 Å². The fraction of sp³-hybridized carbons (Fsp3) is 0.348. The first-order chi connectivity index (χ1) is 14.9. The molecule has 0 atom stereocenters. The number of rotatable bonds is 7. The van der Waals surface area contributed by atoms with Crippen LogP contribution in [0.4, 0.5) is 5.88 Å². The highest BCUT2D eigenvalue weighted by molar-refractivity contribution is 7.91. The summed E-state index contributed by atoms with van der Waals surface area (Å²) in [6.07, 6.45) is 0. The number of oxazole rings is 1. The highest BCUT2D eigenvalue weighted by Gasteiger charge is 2.28. The van der Waals surface area contributed by atoms with Crippen LogP contribution in [0.2, 0.25) is 0 Å². The maximum Gasteiger partial charge on any atom is 0.233 e. The van der Waals surface area contributed by atoms with E-state index in [1.54, 1.807) is 24.3 Å². The molecule has 1 fully saturated rings. The van der Waals surface area contributed by atoms with Crippen LogP contribution in [-0.4, -0.2) is 57.7 Å². The number of nitrogens with zero attached hydrogens (tertiary/aromatic N) is 2. The maximum absolute atomic E-state index is 13.3. The Balaban J connectivity index is 1.64. The summed E-state index contributed by atoms with van der Waals surface area (Å²) in [5.74, 6) is 0.448. The molecular formula is C23H27N3O4S. The molecule has 1 aliphatic rings. The van der Waals surface area contributed by atoms with Crippen LogP contribution in [0.5, 0.6) is 0 Å². The predicted molar refractivity (Wildman–Crippen MR) is 119 cm³/mol. The molecule has 1 aliphatic heterocycles. The zero-order valence-electron chi connectivity index (χ0n) is 17.8. The van der Waals surface area contributed by atoms with E-state index >= 15 is 0 Å². The second-order valence-electron chi connectivity index (χ2n) is 7.72. The summed E-state index contributed by atoms with van der Waals surface area (Å²) >= 11 is 0. The Morgan fingerprint density at radius 1 is 0.968 bits per heavy atom. The molecular weight excluding hydrogens is 414 g/mol. The molecule has 2 heterocycles. The van der Waals surface area contributed by atoms with Crippen LogP contribution >= 0.6 is 0 Å². The summed E-state index contributed by atoms with van der Waals surface area (Å²) in [6, 6.07) is 14.4. The molecule has 0 saturated carbocycles. The molecule has 0 amide bonds. The highest BCUT2D eigenvalue weighted by Crippen LogP contribution is 2.32. The molecule has 0 aliphatic carbocycles. The maximum atomic E-state index is 13.3. The molecule has 0 radical (unpaired) electrons. The Kier molecular flexibility index (Phi) is 6.41. The second-order valence-corrected chi connectivity index (χ2v) is 9.58. The van der Waals surface area contributed by atoms with E-state index in [-0.39, 0.29) is 21.7 Å². The van der Waals surface area contributed by atoms with Crippen LogP contribution < -0.4 is 5.32 Å². The van der Waals surface area contributed by atoms with Gasteiger partial charge in [0.05, 0.1) is 18.1 Å². The Morgan fingerprint density at radius 2 is 1.58 bits per heavy atom. The molecule has 8 heteroatoms. The number of nitrogens with one attached hydrogen (secondary N) is 1. The number of aromatic nitrogens is 1. The van der Waals surface area contributed by atoms with E-state index in [4.69, 9.17) is 9.15 Å². The molecule has 0 bridgehead atoms. The molecule has 1 saturated heterocycles. The van der Waals surface area contributed by atoms with Crippen molar-refractivity contribution in [2.75, 3.05) is 44.7 Å². The van der Waals surface area contributed by atoms with Crippen LogP contribution in [0, 0.1) is 13.8 Å². The van der Waals surface area contributed by atoms with Crippen LogP contribution in [0.15, 0.2) is 62.9 Å². The lowest BCUT2D eigenvalue weighted by Crippen LogP contribution is -2.39. The van der Waals surface area contributed by atoms with Gasteiger partial charge in [0, 0.05) is 31.7 Å². The van der Waals surface area contributed by atoms with Gasteiger partial charge in [-0.05, 0) is 38.1 Å². The zero-order chi connectivity index (χ0) is 21.8. The van der Waals surface area contributed by atoms with Gasteiger partial charge in [-0.3, -0.25) is 4.90 Å². The largest absolute Gasteiger partial charge is 0.419 e. The van der Waals surface area contributed by atoms with E-state index in [1.165, 1.54) is 0 Å². The topological polar surface area (TPSA) is 84.7 Å². The molecule has 1 aromatic heterocycles. The van der Waals surface area contributed by atoms with Gasteiger partial charge in [-0.25, -0.2) is 8.42 Å². The molecule has 2 aromatic carbocycles. The van der Waals surface area contributed by atoms with E-state index in [0.29, 0.717) is 19.8 Å². The van der Waals surface area contributed by atoms with Gasteiger partial charge in [0.2, 0.25) is 26.6 Å². The Morgan fingerprint density at radius 3 is 2.23 bits per heavy atom. The summed E-state index contributed by atoms with van der Waals surface area (Å²) < 4.78 is 38.0. The van der Waals surface area contributed by atoms with Gasteiger partial charge < -0.3 is 14.5 Å². The number of aryl methyl sites for hydroxylation is 2. The molecule has 164 valence electrons. The van der Waals surface area contributed by atoms with Gasteiger partial charge in [0.15, 0.2) is 0 Å². The third-order valence-corrected chi connectivity index (χ3v) is 6.98. The van der Waals surface area contributed by atoms with Crippen molar-refractivity contribution in [2.45, 2.75) is 23.8 Å². The fourth-order valence-electron chi connectivity index (χ4n) is 3.40. The number of ether oxygens (including phenoxy) is 1. The highest BCUT2D eigenvalue weighted by atomic mass is 32.2. The minimum absolute atomic E-state index is 0.0890. The molecule has 0 spiro atoms. The van der Waals surface area contributed by atoms with Crippen LogP contribution in [0.25, 0.3) is 11.5 Å². The van der Waals surface area contributed by atoms with Crippen molar-refractivity contribution < 1.29 is 17.6 Å². The van der Waals surface area contributed by atoms with E-state index < -0.39 is 9.84 Å². The summed E-state index contributed by atoms with van der Waals surface area (Å²) in [5.41, 5.74) is 2.82. The second kappa shape index (κ2) is 9.21. The summed E-state index contributed by atoms with van der Waals surface area (Å²) in [4.78, 5) is 6.85. The van der Waals surface area contributed by atoms with Crippen molar-refractivity contribution in [2.24, 2.45) is 0 Å². The summed E-state index contributed by atoms with van der Waals surface area (Å²) in [7, 11) is -3.84. The van der Waals surface area contributed by atoms with E-state index in [2.05, 4.69) is 15.2 Å². The SMILES string of the molecule is Cc1ccc(-c2nc(S(=O)(=O)c3ccc(C)cc3)c(NCCN3CCOCC3)o2)cc1. The van der Waals surface area contributed by atoms with Gasteiger partial charge in [-0.15, -0.1) is 0 Å². The quantitative estimate of drug-likeness (QED) is 0.600. The van der Waals surface area contributed by atoms with E-state index in [9.17, 15) is 8.42 Å². The smallest absolute Gasteiger partial charge is 0.233 e. The molecule has 1 N–H and O–H groups in total. The van der Waals surface area contributed by atoms with Gasteiger partial charge in [0.1, 0.15) is 0 Å². The van der Waals surface area contributed by atoms with Crippen LogP contribution in [0.3, 0.4) is 0 Å². The number of benzene rings is 2. The number of hydrogen-bond donors (Lipinski definition) is 1. The average Bonchev–Trinajstić information content (AvgIpc) is 3.20. The van der Waals surface area contributed by atoms with Crippen molar-refractivity contribution in [1.29, 1.82) is 0 Å². The molecule has 31 heavy (non-hydrogen) atoms. The third-order valence-electron chi connectivity index (χ3n) is 5.30. The lowest BCUT2D eigenvalue weighted by Gasteiger charge is -2.26. The number of morpholine rings is 1. The molecule has 4 rings (SSSR count). The zero-order valence-corrected chi connectivity index (χ0v) is 18.6.